The van der Waals surface area contributed by atoms with Crippen molar-refractivity contribution in [2.24, 2.45) is 0 Å². The zero-order chi connectivity index (χ0) is 12.4. The van der Waals surface area contributed by atoms with Crippen molar-refractivity contribution in [3.05, 3.63) is 46.1 Å². The first-order valence-corrected chi connectivity index (χ1v) is 5.86. The quantitative estimate of drug-likeness (QED) is 0.924. The van der Waals surface area contributed by atoms with Crippen LogP contribution in [0.5, 0.6) is 0 Å². The molecule has 0 radical (unpaired) electrons. The van der Waals surface area contributed by atoms with Gasteiger partial charge in [0.15, 0.2) is 4.67 Å². The topological polar surface area (TPSA) is 55.1 Å². The van der Waals surface area contributed by atoms with Gasteiger partial charge in [0.1, 0.15) is 0 Å². The number of carbonyl (C=O) groups is 1. The van der Waals surface area contributed by atoms with Gasteiger partial charge in [-0.15, -0.1) is 0 Å². The molecule has 5 heteroatoms. The number of carbonyl (C=O) groups excluding carboxylic acids is 1. The van der Waals surface area contributed by atoms with Gasteiger partial charge in [-0.25, -0.2) is 0 Å². The number of amides is 1. The minimum Gasteiger partial charge on any atom is -0.457 e. The number of aromatic nitrogens is 1. The van der Waals surface area contributed by atoms with Gasteiger partial charge in [0.05, 0.1) is 23.2 Å². The van der Waals surface area contributed by atoms with E-state index in [4.69, 9.17) is 4.42 Å². The predicted octanol–water partition coefficient (Wildman–Crippen LogP) is 3.31. The van der Waals surface area contributed by atoms with E-state index in [1.54, 1.807) is 6.07 Å². The fourth-order valence-corrected chi connectivity index (χ4v) is 1.88. The SMILES string of the molecule is Cc1ccc(NC(=O)c2ccoc2Br)c(C)n1. The van der Waals surface area contributed by atoms with Crippen LogP contribution in [0.4, 0.5) is 5.69 Å². The van der Waals surface area contributed by atoms with E-state index in [9.17, 15) is 4.79 Å². The van der Waals surface area contributed by atoms with Gasteiger partial charge in [-0.05, 0) is 48.0 Å². The van der Waals surface area contributed by atoms with Crippen molar-refractivity contribution in [1.29, 1.82) is 0 Å². The summed E-state index contributed by atoms with van der Waals surface area (Å²) in [5.41, 5.74) is 2.88. The summed E-state index contributed by atoms with van der Waals surface area (Å²) >= 11 is 3.17. The molecule has 0 saturated carbocycles. The lowest BCUT2D eigenvalue weighted by atomic mass is 10.2. The normalized spacial score (nSPS) is 10.3. The minimum atomic E-state index is -0.223. The number of rotatable bonds is 2. The maximum atomic E-state index is 11.9. The standard InChI is InChI=1S/C12H11BrN2O2/c1-7-3-4-10(8(2)14-7)15-12(16)9-5-6-17-11(9)13/h3-6H,1-2H3,(H,15,16). The lowest BCUT2D eigenvalue weighted by Crippen LogP contribution is -2.13. The van der Waals surface area contributed by atoms with E-state index in [0.717, 1.165) is 11.4 Å². The smallest absolute Gasteiger partial charge is 0.260 e. The molecule has 0 aromatic carbocycles. The molecule has 4 nitrogen and oxygen atoms in total. The van der Waals surface area contributed by atoms with Crippen LogP contribution >= 0.6 is 15.9 Å². The number of pyridine rings is 1. The zero-order valence-corrected chi connectivity index (χ0v) is 11.0. The lowest BCUT2D eigenvalue weighted by Gasteiger charge is -2.07. The van der Waals surface area contributed by atoms with Crippen LogP contribution in [-0.2, 0) is 0 Å². The molecule has 1 amide bonds. The average Bonchev–Trinajstić information content (AvgIpc) is 2.68. The number of hydrogen-bond acceptors (Lipinski definition) is 3. The van der Waals surface area contributed by atoms with E-state index in [1.165, 1.54) is 6.26 Å². The van der Waals surface area contributed by atoms with Crippen molar-refractivity contribution in [2.75, 3.05) is 5.32 Å². The molecule has 17 heavy (non-hydrogen) atoms. The lowest BCUT2D eigenvalue weighted by molar-refractivity contribution is 0.102. The molecule has 0 saturated heterocycles. The summed E-state index contributed by atoms with van der Waals surface area (Å²) in [6.07, 6.45) is 1.46. The van der Waals surface area contributed by atoms with E-state index >= 15 is 0 Å². The Morgan fingerprint density at radius 2 is 2.12 bits per heavy atom. The summed E-state index contributed by atoms with van der Waals surface area (Å²) in [4.78, 5) is 16.2. The van der Waals surface area contributed by atoms with Gasteiger partial charge in [-0.2, -0.15) is 0 Å². The summed E-state index contributed by atoms with van der Waals surface area (Å²) in [6.45, 7) is 3.76. The van der Waals surface area contributed by atoms with Gasteiger partial charge in [0.25, 0.3) is 5.91 Å². The Balaban J connectivity index is 2.22. The molecule has 0 atom stereocenters. The summed E-state index contributed by atoms with van der Waals surface area (Å²) < 4.78 is 5.44. The number of hydrogen-bond donors (Lipinski definition) is 1. The second kappa shape index (κ2) is 4.71. The van der Waals surface area contributed by atoms with Crippen molar-refractivity contribution in [2.45, 2.75) is 13.8 Å². The molecule has 2 aromatic heterocycles. The highest BCUT2D eigenvalue weighted by Gasteiger charge is 2.13. The van der Waals surface area contributed by atoms with Gasteiger partial charge >= 0.3 is 0 Å². The summed E-state index contributed by atoms with van der Waals surface area (Å²) in [6, 6.07) is 5.30. The van der Waals surface area contributed by atoms with E-state index in [0.29, 0.717) is 15.9 Å². The first kappa shape index (κ1) is 11.9. The van der Waals surface area contributed by atoms with Crippen LogP contribution in [0.15, 0.2) is 33.5 Å². The number of nitrogens with one attached hydrogen (secondary N) is 1. The van der Waals surface area contributed by atoms with Crippen LogP contribution in [0.2, 0.25) is 0 Å². The summed E-state index contributed by atoms with van der Waals surface area (Å²) in [7, 11) is 0. The Bertz CT molecular complexity index is 563. The van der Waals surface area contributed by atoms with Gasteiger partial charge in [-0.1, -0.05) is 0 Å². The first-order valence-electron chi connectivity index (χ1n) is 5.06. The summed E-state index contributed by atoms with van der Waals surface area (Å²) in [5, 5.41) is 2.79. The number of aryl methyl sites for hydroxylation is 2. The van der Waals surface area contributed by atoms with Gasteiger partial charge < -0.3 is 9.73 Å². The number of anilines is 1. The van der Waals surface area contributed by atoms with Crippen molar-refractivity contribution < 1.29 is 9.21 Å². The van der Waals surface area contributed by atoms with Crippen molar-refractivity contribution in [1.82, 2.24) is 4.98 Å². The molecule has 88 valence electrons. The highest BCUT2D eigenvalue weighted by Crippen LogP contribution is 2.20. The van der Waals surface area contributed by atoms with Gasteiger partial charge in [0.2, 0.25) is 0 Å². The van der Waals surface area contributed by atoms with Crippen LogP contribution < -0.4 is 5.32 Å². The van der Waals surface area contributed by atoms with Crippen LogP contribution in [0, 0.1) is 13.8 Å². The van der Waals surface area contributed by atoms with E-state index in [1.807, 2.05) is 26.0 Å². The fourth-order valence-electron chi connectivity index (χ4n) is 1.46. The third-order valence-corrected chi connectivity index (χ3v) is 2.95. The zero-order valence-electron chi connectivity index (χ0n) is 9.45. The Kier molecular flexibility index (Phi) is 3.28. The maximum absolute atomic E-state index is 11.9. The second-order valence-corrected chi connectivity index (χ2v) is 4.37. The highest BCUT2D eigenvalue weighted by molar-refractivity contribution is 9.10. The molecule has 0 aliphatic rings. The van der Waals surface area contributed by atoms with Crippen LogP contribution in [0.25, 0.3) is 0 Å². The molecule has 0 spiro atoms. The molecule has 0 aliphatic carbocycles. The van der Waals surface area contributed by atoms with Crippen LogP contribution in [0.1, 0.15) is 21.7 Å². The second-order valence-electron chi connectivity index (χ2n) is 3.65. The van der Waals surface area contributed by atoms with Gasteiger partial charge in [0, 0.05) is 5.69 Å². The number of furan rings is 1. The van der Waals surface area contributed by atoms with Crippen LogP contribution in [-0.4, -0.2) is 10.9 Å². The Labute approximate surface area is 107 Å². The minimum absolute atomic E-state index is 0.223. The van der Waals surface area contributed by atoms with Crippen molar-refractivity contribution in [3.8, 4) is 0 Å². The third kappa shape index (κ3) is 2.55. The monoisotopic (exact) mass is 294 g/mol. The molecule has 0 aliphatic heterocycles. The van der Waals surface area contributed by atoms with Crippen LogP contribution in [0.3, 0.4) is 0 Å². The van der Waals surface area contributed by atoms with E-state index in [-0.39, 0.29) is 5.91 Å². The molecule has 1 N–H and O–H groups in total. The molecule has 2 aromatic rings. The molecule has 2 rings (SSSR count). The molecule has 0 fully saturated rings. The average molecular weight is 295 g/mol. The predicted molar refractivity (Wildman–Crippen MR) is 68.1 cm³/mol. The largest absolute Gasteiger partial charge is 0.457 e. The van der Waals surface area contributed by atoms with Crippen molar-refractivity contribution >= 4 is 27.5 Å². The molecule has 0 bridgehead atoms. The Morgan fingerprint density at radius 3 is 2.71 bits per heavy atom. The number of nitrogens with zero attached hydrogens (tertiary/aromatic N) is 1. The Morgan fingerprint density at radius 1 is 1.35 bits per heavy atom. The molecular weight excluding hydrogens is 284 g/mol. The van der Waals surface area contributed by atoms with E-state index in [2.05, 4.69) is 26.2 Å². The summed E-state index contributed by atoms with van der Waals surface area (Å²) in [5.74, 6) is -0.223. The van der Waals surface area contributed by atoms with Crippen molar-refractivity contribution in [3.63, 3.8) is 0 Å². The van der Waals surface area contributed by atoms with Gasteiger partial charge in [-0.3, -0.25) is 9.78 Å². The Hall–Kier alpha value is -1.62. The number of halogens is 1. The van der Waals surface area contributed by atoms with E-state index < -0.39 is 0 Å². The maximum Gasteiger partial charge on any atom is 0.260 e. The molecule has 0 unspecified atom stereocenters. The fraction of sp³-hybridized carbons (Fsp3) is 0.167. The molecule has 2 heterocycles. The first-order chi connectivity index (χ1) is 8.08. The highest BCUT2D eigenvalue weighted by atomic mass is 79.9. The third-order valence-electron chi connectivity index (χ3n) is 2.34. The molecular formula is C12H11BrN2O2.